The third-order valence-corrected chi connectivity index (χ3v) is 5.27. The Morgan fingerprint density at radius 3 is 2.24 bits per heavy atom. The molecule has 1 aliphatic heterocycles. The molecule has 2 rings (SSSR count). The van der Waals surface area contributed by atoms with Crippen molar-refractivity contribution in [1.82, 2.24) is 9.80 Å². The number of halogens is 1. The lowest BCUT2D eigenvalue weighted by Crippen LogP contribution is -2.45. The standard InChI is InChI=1S/C15H22N2OS2.ClH/c1-11-8-13(9-12(2)14(11)18)10-20-15(19)17-6-4-16(3)5-7-17;/h8-9,18H,4-7,10H2,1-3H3;1H. The van der Waals surface area contributed by atoms with Crippen molar-refractivity contribution in [1.29, 1.82) is 0 Å². The van der Waals surface area contributed by atoms with E-state index in [2.05, 4.69) is 16.8 Å². The zero-order valence-electron chi connectivity index (χ0n) is 12.8. The van der Waals surface area contributed by atoms with Gasteiger partial charge in [-0.3, -0.25) is 0 Å². The normalized spacial score (nSPS) is 15.7. The molecule has 0 unspecified atom stereocenters. The summed E-state index contributed by atoms with van der Waals surface area (Å²) in [5, 5.41) is 9.79. The summed E-state index contributed by atoms with van der Waals surface area (Å²) >= 11 is 7.24. The average molecular weight is 347 g/mol. The van der Waals surface area contributed by atoms with E-state index in [1.165, 1.54) is 5.56 Å². The number of hydrogen-bond donors (Lipinski definition) is 1. The number of phenolic OH excluding ortho intramolecular Hbond substituents is 1. The number of hydrogen-bond acceptors (Lipinski definition) is 4. The molecule has 1 N–H and O–H groups in total. The van der Waals surface area contributed by atoms with Crippen LogP contribution in [0.4, 0.5) is 0 Å². The number of nitrogens with zero attached hydrogens (tertiary/aromatic N) is 2. The van der Waals surface area contributed by atoms with Crippen molar-refractivity contribution in [2.45, 2.75) is 19.6 Å². The number of piperazine rings is 1. The van der Waals surface area contributed by atoms with E-state index in [1.54, 1.807) is 11.8 Å². The summed E-state index contributed by atoms with van der Waals surface area (Å²) in [5.74, 6) is 1.27. The predicted octanol–water partition coefficient (Wildman–Crippen LogP) is 3.20. The quantitative estimate of drug-likeness (QED) is 0.830. The predicted molar refractivity (Wildman–Crippen MR) is 97.8 cm³/mol. The molecule has 1 fully saturated rings. The zero-order valence-corrected chi connectivity index (χ0v) is 15.2. The van der Waals surface area contributed by atoms with Crippen molar-refractivity contribution in [2.24, 2.45) is 0 Å². The lowest BCUT2D eigenvalue weighted by molar-refractivity contribution is 0.220. The summed E-state index contributed by atoms with van der Waals surface area (Å²) in [5.41, 5.74) is 3.09. The number of rotatable bonds is 2. The van der Waals surface area contributed by atoms with Crippen LogP contribution in [0.25, 0.3) is 0 Å². The third kappa shape index (κ3) is 5.02. The van der Waals surface area contributed by atoms with Crippen molar-refractivity contribution in [2.75, 3.05) is 33.2 Å². The minimum absolute atomic E-state index is 0. The van der Waals surface area contributed by atoms with Gasteiger partial charge in [0.25, 0.3) is 0 Å². The number of thioether (sulfide) groups is 1. The van der Waals surface area contributed by atoms with Crippen LogP contribution in [0.5, 0.6) is 5.75 Å². The van der Waals surface area contributed by atoms with Gasteiger partial charge in [-0.1, -0.05) is 36.1 Å². The van der Waals surface area contributed by atoms with Crippen LogP contribution in [0.15, 0.2) is 12.1 Å². The summed E-state index contributed by atoms with van der Waals surface area (Å²) in [6.45, 7) is 8.09. The lowest BCUT2D eigenvalue weighted by atomic mass is 10.1. The second-order valence-corrected chi connectivity index (χ2v) is 7.03. The number of thiocarbonyl (C=S) groups is 1. The summed E-state index contributed by atoms with van der Waals surface area (Å²) in [7, 11) is 2.15. The van der Waals surface area contributed by atoms with Crippen LogP contribution >= 0.6 is 36.4 Å². The first kappa shape index (κ1) is 18.6. The van der Waals surface area contributed by atoms with Gasteiger partial charge in [0.05, 0.1) is 0 Å². The van der Waals surface area contributed by atoms with Crippen molar-refractivity contribution >= 4 is 40.7 Å². The molecule has 1 aromatic rings. The highest BCUT2D eigenvalue weighted by molar-refractivity contribution is 8.22. The number of aromatic hydroxyl groups is 1. The van der Waals surface area contributed by atoms with Crippen molar-refractivity contribution in [3.8, 4) is 5.75 Å². The second-order valence-electron chi connectivity index (χ2n) is 5.42. The number of phenols is 1. The number of likely N-dealkylation sites (N-methyl/N-ethyl adjacent to an activating group) is 1. The van der Waals surface area contributed by atoms with Gasteiger partial charge in [0.1, 0.15) is 10.1 Å². The van der Waals surface area contributed by atoms with Crippen LogP contribution < -0.4 is 0 Å². The molecule has 0 spiro atoms. The molecule has 0 aliphatic carbocycles. The molecule has 1 heterocycles. The smallest absolute Gasteiger partial charge is 0.136 e. The van der Waals surface area contributed by atoms with Gasteiger partial charge in [-0.2, -0.15) is 0 Å². The summed E-state index contributed by atoms with van der Waals surface area (Å²) in [6.07, 6.45) is 0. The number of benzene rings is 1. The van der Waals surface area contributed by atoms with Gasteiger partial charge < -0.3 is 14.9 Å². The van der Waals surface area contributed by atoms with Crippen LogP contribution in [-0.2, 0) is 5.75 Å². The fourth-order valence-electron chi connectivity index (χ4n) is 2.35. The Kier molecular flexibility index (Phi) is 7.27. The Morgan fingerprint density at radius 2 is 1.71 bits per heavy atom. The molecule has 0 saturated carbocycles. The van der Waals surface area contributed by atoms with Gasteiger partial charge in [-0.05, 0) is 37.6 Å². The van der Waals surface area contributed by atoms with E-state index in [1.807, 2.05) is 26.0 Å². The Morgan fingerprint density at radius 1 is 1.19 bits per heavy atom. The molecule has 0 atom stereocenters. The molecule has 0 amide bonds. The average Bonchev–Trinajstić information content (AvgIpc) is 2.42. The van der Waals surface area contributed by atoms with E-state index in [0.29, 0.717) is 5.75 Å². The van der Waals surface area contributed by atoms with E-state index < -0.39 is 0 Å². The topological polar surface area (TPSA) is 26.7 Å². The molecule has 1 saturated heterocycles. The Bertz CT molecular complexity index is 479. The maximum Gasteiger partial charge on any atom is 0.136 e. The maximum absolute atomic E-state index is 9.79. The minimum Gasteiger partial charge on any atom is -0.507 e. The van der Waals surface area contributed by atoms with Crippen LogP contribution in [0.2, 0.25) is 0 Å². The molecule has 118 valence electrons. The highest BCUT2D eigenvalue weighted by Crippen LogP contribution is 2.26. The number of aryl methyl sites for hydroxylation is 2. The van der Waals surface area contributed by atoms with Gasteiger partial charge in [-0.15, -0.1) is 12.4 Å². The van der Waals surface area contributed by atoms with E-state index in [4.69, 9.17) is 12.2 Å². The molecule has 21 heavy (non-hydrogen) atoms. The van der Waals surface area contributed by atoms with E-state index >= 15 is 0 Å². The zero-order chi connectivity index (χ0) is 14.7. The van der Waals surface area contributed by atoms with E-state index in [9.17, 15) is 5.11 Å². The van der Waals surface area contributed by atoms with Gasteiger partial charge in [0.15, 0.2) is 0 Å². The van der Waals surface area contributed by atoms with Crippen LogP contribution in [0.3, 0.4) is 0 Å². The van der Waals surface area contributed by atoms with Crippen molar-refractivity contribution in [3.05, 3.63) is 28.8 Å². The van der Waals surface area contributed by atoms with E-state index in [-0.39, 0.29) is 12.4 Å². The van der Waals surface area contributed by atoms with Crippen molar-refractivity contribution in [3.63, 3.8) is 0 Å². The molecule has 1 aromatic carbocycles. The lowest BCUT2D eigenvalue weighted by Gasteiger charge is -2.33. The molecule has 3 nitrogen and oxygen atoms in total. The highest BCUT2D eigenvalue weighted by atomic mass is 35.5. The molecule has 6 heteroatoms. The molecular formula is C15H23ClN2OS2. The van der Waals surface area contributed by atoms with Crippen molar-refractivity contribution < 1.29 is 5.11 Å². The van der Waals surface area contributed by atoms with E-state index in [0.717, 1.165) is 47.4 Å². The Balaban J connectivity index is 0.00000220. The summed E-state index contributed by atoms with van der Waals surface area (Å²) in [4.78, 5) is 4.62. The molecule has 1 aliphatic rings. The summed E-state index contributed by atoms with van der Waals surface area (Å²) < 4.78 is 0.987. The van der Waals surface area contributed by atoms with Gasteiger partial charge in [0, 0.05) is 31.9 Å². The summed E-state index contributed by atoms with van der Waals surface area (Å²) in [6, 6.07) is 4.09. The third-order valence-electron chi connectivity index (χ3n) is 3.67. The van der Waals surface area contributed by atoms with Gasteiger partial charge >= 0.3 is 0 Å². The fourth-order valence-corrected chi connectivity index (χ4v) is 3.54. The first-order chi connectivity index (χ1) is 9.47. The second kappa shape index (κ2) is 8.22. The largest absolute Gasteiger partial charge is 0.507 e. The Hall–Kier alpha value is -0.490. The Labute approximate surface area is 143 Å². The first-order valence-corrected chi connectivity index (χ1v) is 8.26. The molecular weight excluding hydrogens is 324 g/mol. The maximum atomic E-state index is 9.79. The minimum atomic E-state index is 0. The highest BCUT2D eigenvalue weighted by Gasteiger charge is 2.16. The monoisotopic (exact) mass is 346 g/mol. The SMILES string of the molecule is Cc1cc(CSC(=S)N2CCN(C)CC2)cc(C)c1O.Cl. The van der Waals surface area contributed by atoms with Gasteiger partial charge in [-0.25, -0.2) is 0 Å². The molecule has 0 bridgehead atoms. The molecule has 0 aromatic heterocycles. The van der Waals surface area contributed by atoms with Crippen LogP contribution in [0, 0.1) is 13.8 Å². The van der Waals surface area contributed by atoms with Crippen LogP contribution in [0.1, 0.15) is 16.7 Å². The first-order valence-electron chi connectivity index (χ1n) is 6.86. The van der Waals surface area contributed by atoms with Crippen LogP contribution in [-0.4, -0.2) is 52.5 Å². The molecule has 0 radical (unpaired) electrons. The fraction of sp³-hybridized carbons (Fsp3) is 0.533. The van der Waals surface area contributed by atoms with Gasteiger partial charge in [0.2, 0.25) is 0 Å².